The monoisotopic (exact) mass is 220 g/mol. The van der Waals surface area contributed by atoms with E-state index in [1.807, 2.05) is 24.3 Å². The van der Waals surface area contributed by atoms with Crippen molar-refractivity contribution in [3.63, 3.8) is 0 Å². The molecule has 1 aromatic carbocycles. The lowest BCUT2D eigenvalue weighted by atomic mass is 9.94. The van der Waals surface area contributed by atoms with Crippen molar-refractivity contribution in [3.05, 3.63) is 29.8 Å². The van der Waals surface area contributed by atoms with Gasteiger partial charge >= 0.3 is 5.97 Å². The van der Waals surface area contributed by atoms with Crippen molar-refractivity contribution in [2.45, 2.75) is 19.3 Å². The number of hydrogen-bond acceptors (Lipinski definition) is 4. The minimum atomic E-state index is -0.0704. The van der Waals surface area contributed by atoms with E-state index < -0.39 is 0 Å². The third-order valence-electron chi connectivity index (χ3n) is 2.88. The molecule has 1 aliphatic heterocycles. The maximum Gasteiger partial charge on any atom is 0.305 e. The highest BCUT2D eigenvalue weighted by atomic mass is 16.5. The Bertz CT molecular complexity index is 352. The first-order chi connectivity index (χ1) is 7.78. The zero-order chi connectivity index (χ0) is 11.4. The summed E-state index contributed by atoms with van der Waals surface area (Å²) in [5.74, 6) is 5.67. The van der Waals surface area contributed by atoms with Gasteiger partial charge in [-0.05, 0) is 36.5 Å². The number of cyclic esters (lactones) is 1. The van der Waals surface area contributed by atoms with Gasteiger partial charge in [-0.15, -0.1) is 0 Å². The molecule has 1 fully saturated rings. The Hall–Kier alpha value is -1.55. The van der Waals surface area contributed by atoms with E-state index in [1.54, 1.807) is 0 Å². The molecular formula is C12H16N2O2. The molecule has 4 heteroatoms. The van der Waals surface area contributed by atoms with Crippen LogP contribution in [0.4, 0.5) is 5.69 Å². The molecule has 1 unspecified atom stereocenters. The van der Waals surface area contributed by atoms with E-state index in [1.165, 1.54) is 5.56 Å². The summed E-state index contributed by atoms with van der Waals surface area (Å²) in [4.78, 5) is 10.9. The average molecular weight is 220 g/mol. The molecule has 0 radical (unpaired) electrons. The van der Waals surface area contributed by atoms with Crippen LogP contribution >= 0.6 is 0 Å². The summed E-state index contributed by atoms with van der Waals surface area (Å²) in [6.07, 6.45) is 2.43. The fourth-order valence-corrected chi connectivity index (χ4v) is 1.92. The van der Waals surface area contributed by atoms with E-state index in [4.69, 9.17) is 10.6 Å². The van der Waals surface area contributed by atoms with Crippen molar-refractivity contribution in [1.82, 2.24) is 0 Å². The van der Waals surface area contributed by atoms with Crippen LogP contribution in [0.5, 0.6) is 0 Å². The van der Waals surface area contributed by atoms with E-state index in [9.17, 15) is 4.79 Å². The van der Waals surface area contributed by atoms with Gasteiger partial charge in [0.2, 0.25) is 0 Å². The molecule has 0 amide bonds. The Morgan fingerprint density at radius 1 is 1.38 bits per heavy atom. The summed E-state index contributed by atoms with van der Waals surface area (Å²) in [5, 5.41) is 0. The molecule has 1 aromatic rings. The zero-order valence-electron chi connectivity index (χ0n) is 9.11. The summed E-state index contributed by atoms with van der Waals surface area (Å²) in [6.45, 7) is 0.551. The molecule has 1 saturated heterocycles. The third-order valence-corrected chi connectivity index (χ3v) is 2.88. The number of anilines is 1. The molecule has 0 bridgehead atoms. The molecule has 3 N–H and O–H groups in total. The molecule has 0 saturated carbocycles. The van der Waals surface area contributed by atoms with Crippen molar-refractivity contribution >= 4 is 11.7 Å². The van der Waals surface area contributed by atoms with E-state index in [0.717, 1.165) is 18.5 Å². The van der Waals surface area contributed by atoms with Crippen LogP contribution in [0.2, 0.25) is 0 Å². The van der Waals surface area contributed by atoms with Gasteiger partial charge in [-0.3, -0.25) is 10.6 Å². The van der Waals surface area contributed by atoms with Crippen LogP contribution < -0.4 is 11.3 Å². The summed E-state index contributed by atoms with van der Waals surface area (Å²) in [6, 6.07) is 7.99. The molecule has 2 rings (SSSR count). The van der Waals surface area contributed by atoms with Crippen molar-refractivity contribution in [3.8, 4) is 0 Å². The first-order valence-electron chi connectivity index (χ1n) is 5.49. The second-order valence-corrected chi connectivity index (χ2v) is 4.13. The van der Waals surface area contributed by atoms with Crippen LogP contribution in [0.15, 0.2) is 24.3 Å². The van der Waals surface area contributed by atoms with Crippen LogP contribution in [-0.4, -0.2) is 12.6 Å². The molecule has 0 aromatic heterocycles. The first kappa shape index (κ1) is 11.0. The molecule has 86 valence electrons. The number of carbonyl (C=O) groups is 1. The predicted octanol–water partition coefficient (Wildman–Crippen LogP) is 1.47. The highest BCUT2D eigenvalue weighted by molar-refractivity contribution is 5.69. The van der Waals surface area contributed by atoms with E-state index in [0.29, 0.717) is 18.9 Å². The fraction of sp³-hybridized carbons (Fsp3) is 0.417. The summed E-state index contributed by atoms with van der Waals surface area (Å²) in [5.41, 5.74) is 4.75. The van der Waals surface area contributed by atoms with Crippen LogP contribution in [0.1, 0.15) is 18.4 Å². The minimum Gasteiger partial charge on any atom is -0.465 e. The largest absolute Gasteiger partial charge is 0.465 e. The lowest BCUT2D eigenvalue weighted by Crippen LogP contribution is -2.23. The smallest absolute Gasteiger partial charge is 0.305 e. The van der Waals surface area contributed by atoms with Gasteiger partial charge in [0.05, 0.1) is 6.61 Å². The Morgan fingerprint density at radius 2 is 2.12 bits per heavy atom. The SMILES string of the molecule is NNc1ccc(CC2CCC(=O)OC2)cc1. The highest BCUT2D eigenvalue weighted by Crippen LogP contribution is 2.20. The Balaban J connectivity index is 1.90. The van der Waals surface area contributed by atoms with Crippen molar-refractivity contribution in [2.24, 2.45) is 11.8 Å². The number of nitrogens with two attached hydrogens (primary N) is 1. The fourth-order valence-electron chi connectivity index (χ4n) is 1.92. The van der Waals surface area contributed by atoms with Gasteiger partial charge < -0.3 is 10.2 Å². The number of hydrazine groups is 1. The Morgan fingerprint density at radius 3 is 2.69 bits per heavy atom. The van der Waals surface area contributed by atoms with Crippen molar-refractivity contribution < 1.29 is 9.53 Å². The third kappa shape index (κ3) is 2.73. The second-order valence-electron chi connectivity index (χ2n) is 4.13. The molecule has 16 heavy (non-hydrogen) atoms. The minimum absolute atomic E-state index is 0.0704. The van der Waals surface area contributed by atoms with Crippen LogP contribution in [0.25, 0.3) is 0 Å². The summed E-state index contributed by atoms with van der Waals surface area (Å²) in [7, 11) is 0. The summed E-state index contributed by atoms with van der Waals surface area (Å²) < 4.78 is 5.04. The van der Waals surface area contributed by atoms with Crippen LogP contribution in [0.3, 0.4) is 0 Å². The molecule has 0 spiro atoms. The maximum absolute atomic E-state index is 10.9. The van der Waals surface area contributed by atoms with E-state index in [2.05, 4.69) is 5.43 Å². The molecule has 1 heterocycles. The quantitative estimate of drug-likeness (QED) is 0.460. The number of carbonyl (C=O) groups excluding carboxylic acids is 1. The number of nitrogens with one attached hydrogen (secondary N) is 1. The van der Waals surface area contributed by atoms with Gasteiger partial charge in [-0.1, -0.05) is 12.1 Å². The number of esters is 1. The number of ether oxygens (including phenoxy) is 1. The van der Waals surface area contributed by atoms with Crippen LogP contribution in [-0.2, 0) is 16.0 Å². The zero-order valence-corrected chi connectivity index (χ0v) is 9.11. The van der Waals surface area contributed by atoms with Crippen molar-refractivity contribution in [2.75, 3.05) is 12.0 Å². The second kappa shape index (κ2) is 4.99. The number of rotatable bonds is 3. The standard InChI is InChI=1S/C12H16N2O2/c13-14-11-4-1-9(2-5-11)7-10-3-6-12(15)16-8-10/h1-2,4-5,10,14H,3,6-8,13H2. The molecule has 1 aliphatic rings. The maximum atomic E-state index is 10.9. The van der Waals surface area contributed by atoms with Crippen LogP contribution in [0, 0.1) is 5.92 Å². The first-order valence-corrected chi connectivity index (χ1v) is 5.49. The Labute approximate surface area is 94.8 Å². The van der Waals surface area contributed by atoms with Gasteiger partial charge in [0.25, 0.3) is 0 Å². The topological polar surface area (TPSA) is 64.3 Å². The van der Waals surface area contributed by atoms with Gasteiger partial charge in [-0.2, -0.15) is 0 Å². The van der Waals surface area contributed by atoms with Crippen molar-refractivity contribution in [1.29, 1.82) is 0 Å². The predicted molar refractivity (Wildman–Crippen MR) is 61.6 cm³/mol. The van der Waals surface area contributed by atoms with Gasteiger partial charge in [0.1, 0.15) is 0 Å². The number of hydrogen-bond donors (Lipinski definition) is 2. The van der Waals surface area contributed by atoms with Gasteiger partial charge in [-0.25, -0.2) is 0 Å². The molecule has 0 aliphatic carbocycles. The normalized spacial score (nSPS) is 20.3. The summed E-state index contributed by atoms with van der Waals surface area (Å²) >= 11 is 0. The lowest BCUT2D eigenvalue weighted by molar-refractivity contribution is -0.149. The van der Waals surface area contributed by atoms with Gasteiger partial charge in [0.15, 0.2) is 0 Å². The molecule has 1 atom stereocenters. The number of nitrogen functional groups attached to an aromatic ring is 1. The molecular weight excluding hydrogens is 204 g/mol. The average Bonchev–Trinajstić information content (AvgIpc) is 2.33. The highest BCUT2D eigenvalue weighted by Gasteiger charge is 2.19. The van der Waals surface area contributed by atoms with Gasteiger partial charge in [0, 0.05) is 12.1 Å². The number of benzene rings is 1. The lowest BCUT2D eigenvalue weighted by Gasteiger charge is -2.21. The van der Waals surface area contributed by atoms with E-state index >= 15 is 0 Å². The Kier molecular flexibility index (Phi) is 3.41. The molecule has 4 nitrogen and oxygen atoms in total. The van der Waals surface area contributed by atoms with E-state index in [-0.39, 0.29) is 5.97 Å².